The molecule has 112 valence electrons. The lowest BCUT2D eigenvalue weighted by Crippen LogP contribution is -2.21. The number of aryl methyl sites for hydroxylation is 1. The Bertz CT molecular complexity index is 598. The van der Waals surface area contributed by atoms with Gasteiger partial charge in [0.05, 0.1) is 0 Å². The first-order chi connectivity index (χ1) is 10.1. The Balaban J connectivity index is 2.13. The standard InChI is InChI=1S/C18H22FNO/c1-3-13-6-5-7-16(11-13)21-18-9-8-14(12-17(18)19)10-15(20)4-2/h5-9,11-12,15H,3-4,10,20H2,1-2H3. The summed E-state index contributed by atoms with van der Waals surface area (Å²) in [7, 11) is 0. The Morgan fingerprint density at radius 3 is 2.57 bits per heavy atom. The summed E-state index contributed by atoms with van der Waals surface area (Å²) in [6.07, 6.45) is 2.48. The van der Waals surface area contributed by atoms with Gasteiger partial charge >= 0.3 is 0 Å². The van der Waals surface area contributed by atoms with Crippen LogP contribution in [0.2, 0.25) is 0 Å². The van der Waals surface area contributed by atoms with Crippen LogP contribution in [-0.4, -0.2) is 6.04 Å². The fraction of sp³-hybridized carbons (Fsp3) is 0.333. The molecule has 0 aliphatic carbocycles. The fourth-order valence-corrected chi connectivity index (χ4v) is 2.16. The lowest BCUT2D eigenvalue weighted by molar-refractivity contribution is 0.441. The highest BCUT2D eigenvalue weighted by Crippen LogP contribution is 2.26. The molecule has 1 atom stereocenters. The van der Waals surface area contributed by atoms with Crippen molar-refractivity contribution in [3.63, 3.8) is 0 Å². The summed E-state index contributed by atoms with van der Waals surface area (Å²) in [5, 5.41) is 0. The second-order valence-electron chi connectivity index (χ2n) is 5.24. The van der Waals surface area contributed by atoms with Crippen LogP contribution < -0.4 is 10.5 Å². The third-order valence-electron chi connectivity index (χ3n) is 3.55. The van der Waals surface area contributed by atoms with Gasteiger partial charge in [-0.05, 0) is 54.7 Å². The van der Waals surface area contributed by atoms with Crippen molar-refractivity contribution in [1.29, 1.82) is 0 Å². The van der Waals surface area contributed by atoms with E-state index in [1.54, 1.807) is 6.07 Å². The molecule has 1 unspecified atom stereocenters. The van der Waals surface area contributed by atoms with Gasteiger partial charge < -0.3 is 10.5 Å². The van der Waals surface area contributed by atoms with Gasteiger partial charge in [0.25, 0.3) is 0 Å². The summed E-state index contributed by atoms with van der Waals surface area (Å²) in [6, 6.07) is 12.8. The van der Waals surface area contributed by atoms with Gasteiger partial charge in [-0.3, -0.25) is 0 Å². The van der Waals surface area contributed by atoms with Crippen LogP contribution in [0.25, 0.3) is 0 Å². The predicted octanol–water partition coefficient (Wildman–Crippen LogP) is 4.46. The van der Waals surface area contributed by atoms with Gasteiger partial charge in [0.15, 0.2) is 11.6 Å². The zero-order valence-corrected chi connectivity index (χ0v) is 12.6. The Kier molecular flexibility index (Phi) is 5.34. The van der Waals surface area contributed by atoms with Crippen LogP contribution in [0, 0.1) is 5.82 Å². The summed E-state index contributed by atoms with van der Waals surface area (Å²) in [6.45, 7) is 4.10. The van der Waals surface area contributed by atoms with Crippen LogP contribution in [0.15, 0.2) is 42.5 Å². The average Bonchev–Trinajstić information content (AvgIpc) is 2.50. The molecule has 2 nitrogen and oxygen atoms in total. The van der Waals surface area contributed by atoms with Crippen LogP contribution >= 0.6 is 0 Å². The molecule has 3 heteroatoms. The molecule has 2 aromatic carbocycles. The van der Waals surface area contributed by atoms with E-state index in [2.05, 4.69) is 6.92 Å². The Morgan fingerprint density at radius 1 is 1.10 bits per heavy atom. The number of ether oxygens (including phenoxy) is 1. The van der Waals surface area contributed by atoms with E-state index in [1.165, 1.54) is 11.6 Å². The fourth-order valence-electron chi connectivity index (χ4n) is 2.16. The number of nitrogens with two attached hydrogens (primary N) is 1. The number of halogens is 1. The van der Waals surface area contributed by atoms with Crippen LogP contribution in [0.3, 0.4) is 0 Å². The third kappa shape index (κ3) is 4.30. The first-order valence-electron chi connectivity index (χ1n) is 7.43. The summed E-state index contributed by atoms with van der Waals surface area (Å²) in [5.74, 6) is 0.557. The molecule has 2 aromatic rings. The van der Waals surface area contributed by atoms with Crippen molar-refractivity contribution in [2.24, 2.45) is 5.73 Å². The van der Waals surface area contributed by atoms with Gasteiger partial charge in [0.2, 0.25) is 0 Å². The SMILES string of the molecule is CCc1cccc(Oc2ccc(CC(N)CC)cc2F)c1. The Hall–Kier alpha value is -1.87. The normalized spacial score (nSPS) is 12.2. The molecule has 0 aromatic heterocycles. The number of hydrogen-bond donors (Lipinski definition) is 1. The van der Waals surface area contributed by atoms with E-state index >= 15 is 0 Å². The molecule has 0 aliphatic rings. The Morgan fingerprint density at radius 2 is 1.90 bits per heavy atom. The minimum absolute atomic E-state index is 0.0670. The molecular weight excluding hydrogens is 265 g/mol. The zero-order valence-electron chi connectivity index (χ0n) is 12.6. The van der Waals surface area contributed by atoms with E-state index in [4.69, 9.17) is 10.5 Å². The lowest BCUT2D eigenvalue weighted by atomic mass is 10.0. The minimum Gasteiger partial charge on any atom is -0.454 e. The summed E-state index contributed by atoms with van der Waals surface area (Å²) >= 11 is 0. The molecule has 0 aliphatic heterocycles. The maximum atomic E-state index is 14.1. The molecule has 0 radical (unpaired) electrons. The van der Waals surface area contributed by atoms with E-state index in [0.717, 1.165) is 18.4 Å². The summed E-state index contributed by atoms with van der Waals surface area (Å²) in [4.78, 5) is 0. The second kappa shape index (κ2) is 7.23. The second-order valence-corrected chi connectivity index (χ2v) is 5.24. The van der Waals surface area contributed by atoms with Crippen molar-refractivity contribution in [3.8, 4) is 11.5 Å². The van der Waals surface area contributed by atoms with Crippen LogP contribution in [0.5, 0.6) is 11.5 Å². The lowest BCUT2D eigenvalue weighted by Gasteiger charge is -2.11. The highest BCUT2D eigenvalue weighted by Gasteiger charge is 2.08. The van der Waals surface area contributed by atoms with E-state index in [1.807, 2.05) is 37.3 Å². The first-order valence-corrected chi connectivity index (χ1v) is 7.43. The van der Waals surface area contributed by atoms with Crippen LogP contribution in [0.4, 0.5) is 4.39 Å². The summed E-state index contributed by atoms with van der Waals surface area (Å²) < 4.78 is 19.7. The van der Waals surface area contributed by atoms with Gasteiger partial charge in [-0.25, -0.2) is 4.39 Å². The van der Waals surface area contributed by atoms with Crippen molar-refractivity contribution in [2.75, 3.05) is 0 Å². The molecule has 0 bridgehead atoms. The number of rotatable bonds is 6. The van der Waals surface area contributed by atoms with Crippen molar-refractivity contribution in [2.45, 2.75) is 39.2 Å². The van der Waals surface area contributed by atoms with E-state index in [0.29, 0.717) is 12.2 Å². The largest absolute Gasteiger partial charge is 0.454 e. The van der Waals surface area contributed by atoms with Gasteiger partial charge in [-0.2, -0.15) is 0 Å². The monoisotopic (exact) mass is 287 g/mol. The molecule has 0 amide bonds. The predicted molar refractivity (Wildman–Crippen MR) is 84.3 cm³/mol. The van der Waals surface area contributed by atoms with E-state index in [9.17, 15) is 4.39 Å². The van der Waals surface area contributed by atoms with Crippen molar-refractivity contribution in [1.82, 2.24) is 0 Å². The molecule has 0 saturated carbocycles. The number of benzene rings is 2. The van der Waals surface area contributed by atoms with Crippen molar-refractivity contribution < 1.29 is 9.13 Å². The molecule has 2 N–H and O–H groups in total. The molecule has 21 heavy (non-hydrogen) atoms. The topological polar surface area (TPSA) is 35.2 Å². The molecule has 0 fully saturated rings. The molecule has 0 saturated heterocycles. The van der Waals surface area contributed by atoms with E-state index in [-0.39, 0.29) is 17.6 Å². The maximum absolute atomic E-state index is 14.1. The number of hydrogen-bond acceptors (Lipinski definition) is 2. The summed E-state index contributed by atoms with van der Waals surface area (Å²) in [5.41, 5.74) is 7.96. The smallest absolute Gasteiger partial charge is 0.165 e. The molecule has 0 spiro atoms. The highest BCUT2D eigenvalue weighted by atomic mass is 19.1. The highest BCUT2D eigenvalue weighted by molar-refractivity contribution is 5.36. The average molecular weight is 287 g/mol. The third-order valence-corrected chi connectivity index (χ3v) is 3.55. The van der Waals surface area contributed by atoms with Gasteiger partial charge in [-0.15, -0.1) is 0 Å². The van der Waals surface area contributed by atoms with Crippen LogP contribution in [0.1, 0.15) is 31.4 Å². The first kappa shape index (κ1) is 15.5. The van der Waals surface area contributed by atoms with Gasteiger partial charge in [0.1, 0.15) is 5.75 Å². The van der Waals surface area contributed by atoms with Crippen molar-refractivity contribution in [3.05, 3.63) is 59.4 Å². The molecule has 2 rings (SSSR count). The minimum atomic E-state index is -0.349. The Labute approximate surface area is 125 Å². The molecular formula is C18H22FNO. The van der Waals surface area contributed by atoms with Gasteiger partial charge in [-0.1, -0.05) is 32.0 Å². The maximum Gasteiger partial charge on any atom is 0.165 e. The van der Waals surface area contributed by atoms with E-state index < -0.39 is 0 Å². The van der Waals surface area contributed by atoms with Crippen molar-refractivity contribution >= 4 is 0 Å². The zero-order chi connectivity index (χ0) is 15.2. The quantitative estimate of drug-likeness (QED) is 0.851. The molecule has 0 heterocycles. The van der Waals surface area contributed by atoms with Crippen LogP contribution in [-0.2, 0) is 12.8 Å². The van der Waals surface area contributed by atoms with Gasteiger partial charge in [0, 0.05) is 6.04 Å².